The van der Waals surface area contributed by atoms with Crippen molar-refractivity contribution in [1.82, 2.24) is 4.98 Å². The van der Waals surface area contributed by atoms with Crippen LogP contribution in [0.5, 0.6) is 0 Å². The van der Waals surface area contributed by atoms with Gasteiger partial charge in [0, 0.05) is 25.4 Å². The van der Waals surface area contributed by atoms with Crippen LogP contribution in [0.25, 0.3) is 0 Å². The van der Waals surface area contributed by atoms with E-state index >= 15 is 0 Å². The zero-order valence-corrected chi connectivity index (χ0v) is 11.2. The molecule has 1 N–H and O–H groups in total. The number of carbonyl (C=O) groups excluding carboxylic acids is 2. The van der Waals surface area contributed by atoms with Gasteiger partial charge in [-0.1, -0.05) is 0 Å². The standard InChI is InChI=1S/C11H11BrN2O4/c1-18-11(17)6-2-9(15)14(5-6)8-4-13-3-7(12)10(8)16/h3-4,6H,2,5H2,1H3,(H,13,16). The Morgan fingerprint density at radius 3 is 2.89 bits per heavy atom. The molecular weight excluding hydrogens is 304 g/mol. The molecule has 1 aliphatic rings. The number of amides is 1. The van der Waals surface area contributed by atoms with Gasteiger partial charge >= 0.3 is 5.97 Å². The molecule has 0 spiro atoms. The fourth-order valence-electron chi connectivity index (χ4n) is 1.91. The smallest absolute Gasteiger partial charge is 0.311 e. The van der Waals surface area contributed by atoms with Crippen LogP contribution < -0.4 is 10.3 Å². The van der Waals surface area contributed by atoms with Crippen molar-refractivity contribution in [1.29, 1.82) is 0 Å². The number of aromatic nitrogens is 1. The van der Waals surface area contributed by atoms with Gasteiger partial charge in [0.1, 0.15) is 5.69 Å². The summed E-state index contributed by atoms with van der Waals surface area (Å²) in [7, 11) is 1.28. The van der Waals surface area contributed by atoms with E-state index in [-0.39, 0.29) is 30.0 Å². The number of methoxy groups -OCH3 is 1. The molecule has 1 saturated heterocycles. The van der Waals surface area contributed by atoms with Crippen molar-refractivity contribution >= 4 is 33.5 Å². The fourth-order valence-corrected chi connectivity index (χ4v) is 2.25. The molecule has 0 bridgehead atoms. The van der Waals surface area contributed by atoms with Crippen molar-refractivity contribution in [3.8, 4) is 0 Å². The lowest BCUT2D eigenvalue weighted by Crippen LogP contribution is -2.30. The molecule has 96 valence electrons. The second-order valence-electron chi connectivity index (χ2n) is 3.95. The summed E-state index contributed by atoms with van der Waals surface area (Å²) in [4.78, 5) is 39.2. The third kappa shape index (κ3) is 2.17. The topological polar surface area (TPSA) is 79.5 Å². The average molecular weight is 315 g/mol. The minimum Gasteiger partial charge on any atom is -0.469 e. The highest BCUT2D eigenvalue weighted by Crippen LogP contribution is 2.23. The van der Waals surface area contributed by atoms with Gasteiger partial charge < -0.3 is 14.6 Å². The van der Waals surface area contributed by atoms with Gasteiger partial charge in [-0.25, -0.2) is 0 Å². The molecule has 6 nitrogen and oxygen atoms in total. The summed E-state index contributed by atoms with van der Waals surface area (Å²) in [6.07, 6.45) is 3.01. The van der Waals surface area contributed by atoms with Crippen molar-refractivity contribution in [3.05, 3.63) is 27.1 Å². The lowest BCUT2D eigenvalue weighted by molar-refractivity contribution is -0.145. The molecule has 1 amide bonds. The Bertz CT molecular complexity index is 554. The van der Waals surface area contributed by atoms with Gasteiger partial charge in [0.25, 0.3) is 0 Å². The van der Waals surface area contributed by atoms with E-state index in [9.17, 15) is 14.4 Å². The molecule has 1 aliphatic heterocycles. The molecule has 7 heteroatoms. The summed E-state index contributed by atoms with van der Waals surface area (Å²) in [6, 6.07) is 0. The van der Waals surface area contributed by atoms with Crippen LogP contribution in [0.4, 0.5) is 5.69 Å². The van der Waals surface area contributed by atoms with E-state index in [0.717, 1.165) is 0 Å². The number of ether oxygens (including phenoxy) is 1. The molecule has 0 radical (unpaired) electrons. The zero-order chi connectivity index (χ0) is 13.3. The van der Waals surface area contributed by atoms with Gasteiger partial charge in [0.2, 0.25) is 11.3 Å². The van der Waals surface area contributed by atoms with E-state index in [0.29, 0.717) is 4.47 Å². The van der Waals surface area contributed by atoms with Gasteiger partial charge in [-0.05, 0) is 15.9 Å². The van der Waals surface area contributed by atoms with Crippen LogP contribution in [-0.4, -0.2) is 30.5 Å². The number of hydrogen-bond acceptors (Lipinski definition) is 4. The van der Waals surface area contributed by atoms with E-state index in [1.54, 1.807) is 0 Å². The third-order valence-corrected chi connectivity index (χ3v) is 3.42. The van der Waals surface area contributed by atoms with Crippen LogP contribution in [-0.2, 0) is 14.3 Å². The number of anilines is 1. The summed E-state index contributed by atoms with van der Waals surface area (Å²) < 4.78 is 4.95. The first-order valence-electron chi connectivity index (χ1n) is 5.29. The largest absolute Gasteiger partial charge is 0.469 e. The molecule has 1 unspecified atom stereocenters. The van der Waals surface area contributed by atoms with Gasteiger partial charge in [-0.15, -0.1) is 0 Å². The Hall–Kier alpha value is -1.63. The van der Waals surface area contributed by atoms with Gasteiger partial charge in [0.15, 0.2) is 0 Å². The van der Waals surface area contributed by atoms with Crippen LogP contribution in [0.3, 0.4) is 0 Å². The minimum atomic E-state index is -0.513. The van der Waals surface area contributed by atoms with E-state index < -0.39 is 11.9 Å². The number of nitrogens with one attached hydrogen (secondary N) is 1. The van der Waals surface area contributed by atoms with Gasteiger partial charge in [0.05, 0.1) is 17.5 Å². The molecule has 0 saturated carbocycles. The number of esters is 1. The Morgan fingerprint density at radius 1 is 1.50 bits per heavy atom. The van der Waals surface area contributed by atoms with Crippen molar-refractivity contribution < 1.29 is 14.3 Å². The molecule has 1 fully saturated rings. The van der Waals surface area contributed by atoms with E-state index in [1.165, 1.54) is 24.4 Å². The lowest BCUT2D eigenvalue weighted by Gasteiger charge is -2.15. The molecular formula is C11H11BrN2O4. The number of carbonyl (C=O) groups is 2. The maximum Gasteiger partial charge on any atom is 0.311 e. The summed E-state index contributed by atoms with van der Waals surface area (Å²) in [6.45, 7) is 0.172. The molecule has 2 rings (SSSR count). The first kappa shape index (κ1) is 12.8. The van der Waals surface area contributed by atoms with Crippen LogP contribution in [0.2, 0.25) is 0 Å². The Labute approximate surface area is 111 Å². The number of hydrogen-bond donors (Lipinski definition) is 1. The molecule has 2 heterocycles. The number of H-pyrrole nitrogens is 1. The van der Waals surface area contributed by atoms with Crippen molar-refractivity contribution in [2.24, 2.45) is 5.92 Å². The number of rotatable bonds is 2. The monoisotopic (exact) mass is 314 g/mol. The van der Waals surface area contributed by atoms with Crippen molar-refractivity contribution in [2.75, 3.05) is 18.6 Å². The van der Waals surface area contributed by atoms with E-state index in [1.807, 2.05) is 0 Å². The highest BCUT2D eigenvalue weighted by Gasteiger charge is 2.36. The number of aromatic amines is 1. The highest BCUT2D eigenvalue weighted by molar-refractivity contribution is 9.10. The van der Waals surface area contributed by atoms with Gasteiger partial charge in [-0.3, -0.25) is 14.4 Å². The Kier molecular flexibility index (Phi) is 3.51. The molecule has 18 heavy (non-hydrogen) atoms. The molecule has 1 aromatic heterocycles. The average Bonchev–Trinajstić information content (AvgIpc) is 2.74. The predicted octanol–water partition coefficient (Wildman–Crippen LogP) is 0.663. The third-order valence-electron chi connectivity index (χ3n) is 2.83. The predicted molar refractivity (Wildman–Crippen MR) is 67.2 cm³/mol. The summed E-state index contributed by atoms with van der Waals surface area (Å²) >= 11 is 3.10. The van der Waals surface area contributed by atoms with Crippen LogP contribution in [0, 0.1) is 5.92 Å². The number of nitrogens with zero attached hydrogens (tertiary/aromatic N) is 1. The second kappa shape index (κ2) is 4.93. The van der Waals surface area contributed by atoms with Crippen LogP contribution in [0.1, 0.15) is 6.42 Å². The van der Waals surface area contributed by atoms with Crippen LogP contribution >= 0.6 is 15.9 Å². The van der Waals surface area contributed by atoms with Gasteiger partial charge in [-0.2, -0.15) is 0 Å². The molecule has 0 aliphatic carbocycles. The summed E-state index contributed by atoms with van der Waals surface area (Å²) in [5, 5.41) is 0. The summed E-state index contributed by atoms with van der Waals surface area (Å²) in [5.41, 5.74) is -0.0478. The Morgan fingerprint density at radius 2 is 2.22 bits per heavy atom. The normalized spacial score (nSPS) is 19.1. The zero-order valence-electron chi connectivity index (χ0n) is 9.60. The van der Waals surface area contributed by atoms with Crippen molar-refractivity contribution in [3.63, 3.8) is 0 Å². The Balaban J connectivity index is 2.30. The molecule has 1 aromatic rings. The fraction of sp³-hybridized carbons (Fsp3) is 0.364. The quantitative estimate of drug-likeness (QED) is 0.813. The maximum absolute atomic E-state index is 11.9. The van der Waals surface area contributed by atoms with Crippen molar-refractivity contribution in [2.45, 2.75) is 6.42 Å². The lowest BCUT2D eigenvalue weighted by atomic mass is 10.1. The highest BCUT2D eigenvalue weighted by atomic mass is 79.9. The second-order valence-corrected chi connectivity index (χ2v) is 4.80. The number of halogens is 1. The molecule has 1 atom stereocenters. The first-order chi connectivity index (χ1) is 8.54. The number of pyridine rings is 1. The van der Waals surface area contributed by atoms with Crippen LogP contribution in [0.15, 0.2) is 21.7 Å². The van der Waals surface area contributed by atoms with E-state index in [2.05, 4.69) is 25.7 Å². The SMILES string of the molecule is COC(=O)C1CC(=O)N(c2c[nH]cc(Br)c2=O)C1. The first-order valence-corrected chi connectivity index (χ1v) is 6.08. The minimum absolute atomic E-state index is 0.0681. The maximum atomic E-state index is 11.9. The van der Waals surface area contributed by atoms with E-state index in [4.69, 9.17) is 0 Å². The summed E-state index contributed by atoms with van der Waals surface area (Å²) in [5.74, 6) is -1.20. The molecule has 0 aromatic carbocycles.